The van der Waals surface area contributed by atoms with Crippen molar-refractivity contribution in [2.24, 2.45) is 5.92 Å². The van der Waals surface area contributed by atoms with Crippen LogP contribution in [0.1, 0.15) is 23.2 Å². The van der Waals surface area contributed by atoms with Crippen molar-refractivity contribution in [2.45, 2.75) is 12.8 Å². The molecular weight excluding hydrogens is 195 g/mol. The van der Waals surface area contributed by atoms with Crippen molar-refractivity contribution in [3.8, 4) is 0 Å². The number of hydrogen-bond donors (Lipinski definition) is 2. The first-order valence-corrected chi connectivity index (χ1v) is 5.00. The lowest BCUT2D eigenvalue weighted by Crippen LogP contribution is -2.26. The zero-order chi connectivity index (χ0) is 10.8. The number of carbonyl (C=O) groups excluding carboxylic acids is 1. The molecule has 1 fully saturated rings. The molecule has 0 bridgehead atoms. The lowest BCUT2D eigenvalue weighted by molar-refractivity contribution is 0.0952. The van der Waals surface area contributed by atoms with Gasteiger partial charge in [-0.15, -0.1) is 0 Å². The highest BCUT2D eigenvalue weighted by molar-refractivity contribution is 5.99. The quantitative estimate of drug-likeness (QED) is 0.740. The monoisotopic (exact) mass is 208 g/mol. The van der Waals surface area contributed by atoms with Crippen molar-refractivity contribution >= 4 is 11.6 Å². The van der Waals surface area contributed by atoms with Crippen LogP contribution in [0.15, 0.2) is 18.2 Å². The Morgan fingerprint density at radius 2 is 2.27 bits per heavy atom. The summed E-state index contributed by atoms with van der Waals surface area (Å²) in [6.07, 6.45) is 2.36. The third-order valence-corrected chi connectivity index (χ3v) is 2.51. The fourth-order valence-electron chi connectivity index (χ4n) is 1.39. The first-order valence-electron chi connectivity index (χ1n) is 5.00. The zero-order valence-corrected chi connectivity index (χ0v) is 8.29. The second kappa shape index (κ2) is 3.88. The second-order valence-electron chi connectivity index (χ2n) is 3.88. The van der Waals surface area contributed by atoms with E-state index in [1.54, 1.807) is 0 Å². The van der Waals surface area contributed by atoms with Crippen LogP contribution in [0.5, 0.6) is 0 Å². The molecule has 0 atom stereocenters. The van der Waals surface area contributed by atoms with E-state index in [0.717, 1.165) is 6.07 Å². The van der Waals surface area contributed by atoms with E-state index >= 15 is 0 Å². The van der Waals surface area contributed by atoms with Crippen LogP contribution in [0.3, 0.4) is 0 Å². The van der Waals surface area contributed by atoms with Gasteiger partial charge in [-0.1, -0.05) is 0 Å². The molecule has 1 aliphatic rings. The Morgan fingerprint density at radius 1 is 1.53 bits per heavy atom. The minimum atomic E-state index is -0.425. The number of nitrogens with one attached hydrogen (secondary N) is 1. The predicted octanol–water partition coefficient (Wildman–Crippen LogP) is 1.55. The largest absolute Gasteiger partial charge is 0.398 e. The van der Waals surface area contributed by atoms with Crippen molar-refractivity contribution < 1.29 is 9.18 Å². The summed E-state index contributed by atoms with van der Waals surface area (Å²) < 4.78 is 12.7. The SMILES string of the molecule is Nc1cc(F)ccc1C(=O)NCC1CC1. The molecule has 15 heavy (non-hydrogen) atoms. The van der Waals surface area contributed by atoms with Gasteiger partial charge in [0.15, 0.2) is 0 Å². The summed E-state index contributed by atoms with van der Waals surface area (Å²) in [5.41, 5.74) is 6.07. The summed E-state index contributed by atoms with van der Waals surface area (Å²) in [6.45, 7) is 0.690. The van der Waals surface area contributed by atoms with Crippen molar-refractivity contribution in [3.05, 3.63) is 29.6 Å². The number of nitrogens with two attached hydrogens (primary N) is 1. The first kappa shape index (κ1) is 9.96. The van der Waals surface area contributed by atoms with Crippen LogP contribution >= 0.6 is 0 Å². The van der Waals surface area contributed by atoms with Crippen LogP contribution in [0, 0.1) is 11.7 Å². The van der Waals surface area contributed by atoms with E-state index in [1.807, 2.05) is 0 Å². The number of carbonyl (C=O) groups is 1. The normalized spacial score (nSPS) is 15.0. The molecule has 3 nitrogen and oxygen atoms in total. The molecule has 1 amide bonds. The van der Waals surface area contributed by atoms with Gasteiger partial charge in [-0.25, -0.2) is 4.39 Å². The average molecular weight is 208 g/mol. The van der Waals surface area contributed by atoms with Gasteiger partial charge in [-0.3, -0.25) is 4.79 Å². The molecule has 0 spiro atoms. The molecule has 4 heteroatoms. The number of halogens is 1. The van der Waals surface area contributed by atoms with E-state index in [-0.39, 0.29) is 11.6 Å². The third-order valence-electron chi connectivity index (χ3n) is 2.51. The van der Waals surface area contributed by atoms with E-state index in [9.17, 15) is 9.18 Å². The van der Waals surface area contributed by atoms with Gasteiger partial charge >= 0.3 is 0 Å². The van der Waals surface area contributed by atoms with Gasteiger partial charge in [-0.2, -0.15) is 0 Å². The third kappa shape index (κ3) is 2.46. The topological polar surface area (TPSA) is 55.1 Å². The van der Waals surface area contributed by atoms with Crippen LogP contribution in [0.4, 0.5) is 10.1 Å². The average Bonchev–Trinajstić information content (AvgIpc) is 2.97. The number of benzene rings is 1. The number of anilines is 1. The molecule has 0 unspecified atom stereocenters. The lowest BCUT2D eigenvalue weighted by Gasteiger charge is -2.06. The van der Waals surface area contributed by atoms with E-state index < -0.39 is 5.82 Å². The smallest absolute Gasteiger partial charge is 0.253 e. The Morgan fingerprint density at radius 3 is 2.87 bits per heavy atom. The van der Waals surface area contributed by atoms with Crippen LogP contribution in [0.25, 0.3) is 0 Å². The van der Waals surface area contributed by atoms with Crippen molar-refractivity contribution in [1.29, 1.82) is 0 Å². The van der Waals surface area contributed by atoms with Crippen LogP contribution in [0.2, 0.25) is 0 Å². The summed E-state index contributed by atoms with van der Waals surface area (Å²) >= 11 is 0. The Balaban J connectivity index is 2.03. The molecule has 1 aliphatic carbocycles. The number of hydrogen-bond acceptors (Lipinski definition) is 2. The van der Waals surface area contributed by atoms with Crippen molar-refractivity contribution in [1.82, 2.24) is 5.32 Å². The molecule has 1 aromatic carbocycles. The Bertz CT molecular complexity index is 388. The Kier molecular flexibility index (Phi) is 2.58. The lowest BCUT2D eigenvalue weighted by atomic mass is 10.1. The number of amides is 1. The van der Waals surface area contributed by atoms with Crippen LogP contribution < -0.4 is 11.1 Å². The van der Waals surface area contributed by atoms with E-state index in [4.69, 9.17) is 5.73 Å². The van der Waals surface area contributed by atoms with Gasteiger partial charge in [0, 0.05) is 12.2 Å². The van der Waals surface area contributed by atoms with Gasteiger partial charge in [0.2, 0.25) is 0 Å². The summed E-state index contributed by atoms with van der Waals surface area (Å²) in [6, 6.07) is 3.81. The maximum absolute atomic E-state index is 12.7. The molecule has 0 aliphatic heterocycles. The first-order chi connectivity index (χ1) is 7.16. The van der Waals surface area contributed by atoms with Crippen LogP contribution in [-0.2, 0) is 0 Å². The molecule has 80 valence electrons. The second-order valence-corrected chi connectivity index (χ2v) is 3.88. The summed E-state index contributed by atoms with van der Waals surface area (Å²) in [4.78, 5) is 11.6. The summed E-state index contributed by atoms with van der Waals surface area (Å²) in [5.74, 6) is -0.0266. The van der Waals surface area contributed by atoms with E-state index in [0.29, 0.717) is 18.0 Å². The van der Waals surface area contributed by atoms with E-state index in [2.05, 4.69) is 5.32 Å². The molecule has 0 heterocycles. The molecule has 1 saturated carbocycles. The molecule has 2 rings (SSSR count). The van der Waals surface area contributed by atoms with Gasteiger partial charge in [0.05, 0.1) is 5.56 Å². The number of nitrogen functional groups attached to an aromatic ring is 1. The highest BCUT2D eigenvalue weighted by atomic mass is 19.1. The minimum absolute atomic E-state index is 0.184. The fraction of sp³-hybridized carbons (Fsp3) is 0.364. The highest BCUT2D eigenvalue weighted by Crippen LogP contribution is 2.27. The Labute approximate surface area is 87.5 Å². The molecule has 0 radical (unpaired) electrons. The maximum atomic E-state index is 12.7. The summed E-state index contributed by atoms with van der Waals surface area (Å²) in [7, 11) is 0. The number of rotatable bonds is 3. The van der Waals surface area contributed by atoms with Gasteiger partial charge in [0.25, 0.3) is 5.91 Å². The molecular formula is C11H13FN2O. The summed E-state index contributed by atoms with van der Waals surface area (Å²) in [5, 5.41) is 2.78. The predicted molar refractivity (Wildman–Crippen MR) is 55.9 cm³/mol. The van der Waals surface area contributed by atoms with Gasteiger partial charge in [-0.05, 0) is 37.0 Å². The zero-order valence-electron chi connectivity index (χ0n) is 8.29. The van der Waals surface area contributed by atoms with Gasteiger partial charge in [0.1, 0.15) is 5.82 Å². The molecule has 1 aromatic rings. The van der Waals surface area contributed by atoms with Crippen molar-refractivity contribution in [2.75, 3.05) is 12.3 Å². The molecule has 0 saturated heterocycles. The Hall–Kier alpha value is -1.58. The van der Waals surface area contributed by atoms with Crippen LogP contribution in [-0.4, -0.2) is 12.5 Å². The van der Waals surface area contributed by atoms with Crippen molar-refractivity contribution in [3.63, 3.8) is 0 Å². The van der Waals surface area contributed by atoms with E-state index in [1.165, 1.54) is 25.0 Å². The molecule has 3 N–H and O–H groups in total. The molecule has 0 aromatic heterocycles. The highest BCUT2D eigenvalue weighted by Gasteiger charge is 2.22. The standard InChI is InChI=1S/C11H13FN2O/c12-8-3-4-9(10(13)5-8)11(15)14-6-7-1-2-7/h3-5,7H,1-2,6,13H2,(H,14,15). The maximum Gasteiger partial charge on any atom is 0.253 e. The minimum Gasteiger partial charge on any atom is -0.398 e. The van der Waals surface area contributed by atoms with Gasteiger partial charge < -0.3 is 11.1 Å². The fourth-order valence-corrected chi connectivity index (χ4v) is 1.39.